The van der Waals surface area contributed by atoms with E-state index in [0.717, 1.165) is 28.7 Å². The molecule has 0 amide bonds. The molecule has 2 aromatic rings. The number of imidazole rings is 1. The topological polar surface area (TPSA) is 64.0 Å². The zero-order valence-corrected chi connectivity index (χ0v) is 14.0. The smallest absolute Gasteiger partial charge is 0.208 e. The third kappa shape index (κ3) is 4.18. The molecule has 0 aliphatic heterocycles. The van der Waals surface area contributed by atoms with E-state index in [1.54, 1.807) is 0 Å². The highest BCUT2D eigenvalue weighted by Crippen LogP contribution is 2.25. The lowest BCUT2D eigenvalue weighted by Gasteiger charge is -2.11. The van der Waals surface area contributed by atoms with Gasteiger partial charge >= 0.3 is 0 Å². The van der Waals surface area contributed by atoms with Crippen molar-refractivity contribution in [3.8, 4) is 0 Å². The number of nitrogens with zero attached hydrogens (tertiary/aromatic N) is 2. The number of rotatable bonds is 6. The highest BCUT2D eigenvalue weighted by atomic mass is 35.5. The molecule has 0 fully saturated rings. The quantitative estimate of drug-likeness (QED) is 0.654. The predicted octanol–water partition coefficient (Wildman–Crippen LogP) is 2.58. The summed E-state index contributed by atoms with van der Waals surface area (Å²) in [4.78, 5) is 4.57. The van der Waals surface area contributed by atoms with Gasteiger partial charge in [-0.15, -0.1) is 11.6 Å². The summed E-state index contributed by atoms with van der Waals surface area (Å²) in [6, 6.07) is 6.08. The van der Waals surface area contributed by atoms with Crippen molar-refractivity contribution >= 4 is 32.7 Å². The molecular formula is C14H20ClN3O2S. The summed E-state index contributed by atoms with van der Waals surface area (Å²) in [6.07, 6.45) is 1.85. The first-order valence-corrected chi connectivity index (χ1v) is 9.16. The molecule has 116 valence electrons. The zero-order chi connectivity index (χ0) is 15.6. The molecule has 1 N–H and O–H groups in total. The van der Waals surface area contributed by atoms with Crippen molar-refractivity contribution in [3.63, 3.8) is 0 Å². The number of fused-ring (bicyclic) bond motifs is 1. The van der Waals surface area contributed by atoms with E-state index in [0.29, 0.717) is 19.5 Å². The van der Waals surface area contributed by atoms with Crippen LogP contribution < -0.4 is 4.72 Å². The lowest BCUT2D eigenvalue weighted by Crippen LogP contribution is -2.24. The molecule has 0 aliphatic carbocycles. The van der Waals surface area contributed by atoms with Gasteiger partial charge in [-0.3, -0.25) is 0 Å². The SMILES string of the molecule is Cc1ccc2nc(C(C)Cl)n(CCCNS(C)(=O)=O)c2c1. The van der Waals surface area contributed by atoms with Gasteiger partial charge in [0.25, 0.3) is 0 Å². The van der Waals surface area contributed by atoms with E-state index in [4.69, 9.17) is 11.6 Å². The van der Waals surface area contributed by atoms with Crippen LogP contribution in [0.15, 0.2) is 18.2 Å². The number of benzene rings is 1. The maximum Gasteiger partial charge on any atom is 0.208 e. The number of halogens is 1. The summed E-state index contributed by atoms with van der Waals surface area (Å²) in [5, 5.41) is -0.194. The van der Waals surface area contributed by atoms with Crippen molar-refractivity contribution in [2.45, 2.75) is 32.2 Å². The van der Waals surface area contributed by atoms with Gasteiger partial charge < -0.3 is 4.57 Å². The van der Waals surface area contributed by atoms with E-state index in [-0.39, 0.29) is 5.38 Å². The van der Waals surface area contributed by atoms with Crippen molar-refractivity contribution < 1.29 is 8.42 Å². The number of hydrogen-bond acceptors (Lipinski definition) is 3. The van der Waals surface area contributed by atoms with Crippen LogP contribution in [0.4, 0.5) is 0 Å². The summed E-state index contributed by atoms with van der Waals surface area (Å²) in [7, 11) is -3.14. The molecule has 2 rings (SSSR count). The number of aryl methyl sites for hydroxylation is 2. The predicted molar refractivity (Wildman–Crippen MR) is 86.2 cm³/mol. The Kier molecular flexibility index (Phi) is 4.91. The van der Waals surface area contributed by atoms with Crippen LogP contribution in [0, 0.1) is 6.92 Å². The fraction of sp³-hybridized carbons (Fsp3) is 0.500. The summed E-state index contributed by atoms with van der Waals surface area (Å²) >= 11 is 6.21. The fourth-order valence-electron chi connectivity index (χ4n) is 2.28. The molecule has 0 spiro atoms. The van der Waals surface area contributed by atoms with Crippen LogP contribution in [0.25, 0.3) is 11.0 Å². The van der Waals surface area contributed by atoms with Crippen LogP contribution >= 0.6 is 11.6 Å². The van der Waals surface area contributed by atoms with Crippen LogP contribution in [0.1, 0.15) is 30.1 Å². The minimum Gasteiger partial charge on any atom is -0.327 e. The molecule has 1 aromatic heterocycles. The van der Waals surface area contributed by atoms with Crippen LogP contribution in [0.5, 0.6) is 0 Å². The summed E-state index contributed by atoms with van der Waals surface area (Å²) in [5.41, 5.74) is 3.11. The van der Waals surface area contributed by atoms with E-state index in [1.165, 1.54) is 0 Å². The van der Waals surface area contributed by atoms with E-state index in [1.807, 2.05) is 26.0 Å². The molecule has 1 atom stereocenters. The minimum absolute atomic E-state index is 0.194. The van der Waals surface area contributed by atoms with Gasteiger partial charge in [0, 0.05) is 13.1 Å². The molecule has 1 aromatic carbocycles. The Balaban J connectivity index is 2.24. The summed E-state index contributed by atoms with van der Waals surface area (Å²) in [5.74, 6) is 0.816. The maximum atomic E-state index is 11.1. The van der Waals surface area contributed by atoms with Crippen LogP contribution in [-0.4, -0.2) is 30.8 Å². The van der Waals surface area contributed by atoms with Crippen molar-refractivity contribution in [2.24, 2.45) is 0 Å². The zero-order valence-electron chi connectivity index (χ0n) is 12.4. The molecule has 0 saturated heterocycles. The summed E-state index contributed by atoms with van der Waals surface area (Å²) in [6.45, 7) is 5.00. The van der Waals surface area contributed by atoms with Gasteiger partial charge in [-0.1, -0.05) is 6.07 Å². The Hall–Kier alpha value is -1.11. The highest BCUT2D eigenvalue weighted by Gasteiger charge is 2.14. The van der Waals surface area contributed by atoms with E-state index in [9.17, 15) is 8.42 Å². The second kappa shape index (κ2) is 6.34. The molecule has 5 nitrogen and oxygen atoms in total. The summed E-state index contributed by atoms with van der Waals surface area (Å²) < 4.78 is 26.7. The van der Waals surface area contributed by atoms with Gasteiger partial charge in [0.2, 0.25) is 10.0 Å². The first-order valence-electron chi connectivity index (χ1n) is 6.83. The van der Waals surface area contributed by atoms with E-state index >= 15 is 0 Å². The Labute approximate surface area is 130 Å². The van der Waals surface area contributed by atoms with Crippen LogP contribution in [0.2, 0.25) is 0 Å². The number of alkyl halides is 1. The van der Waals surface area contributed by atoms with Crippen LogP contribution in [0.3, 0.4) is 0 Å². The van der Waals surface area contributed by atoms with Crippen LogP contribution in [-0.2, 0) is 16.6 Å². The first kappa shape index (κ1) is 16.3. The molecule has 0 aliphatic rings. The van der Waals surface area contributed by atoms with Crippen molar-refractivity contribution in [1.82, 2.24) is 14.3 Å². The Morgan fingerprint density at radius 1 is 1.43 bits per heavy atom. The Morgan fingerprint density at radius 3 is 2.76 bits per heavy atom. The van der Waals surface area contributed by atoms with Gasteiger partial charge in [0.15, 0.2) is 0 Å². The number of sulfonamides is 1. The Bertz CT molecular complexity index is 738. The third-order valence-corrected chi connectivity index (χ3v) is 4.14. The van der Waals surface area contributed by atoms with Gasteiger partial charge in [-0.05, 0) is 38.0 Å². The molecule has 0 radical (unpaired) electrons. The lowest BCUT2D eigenvalue weighted by molar-refractivity contribution is 0.573. The molecule has 21 heavy (non-hydrogen) atoms. The van der Waals surface area contributed by atoms with Gasteiger partial charge in [0.05, 0.1) is 22.7 Å². The standard InChI is InChI=1S/C14H20ClN3O2S/c1-10-5-6-12-13(9-10)18(14(17-12)11(2)15)8-4-7-16-21(3,19)20/h5-6,9,11,16H,4,7-8H2,1-3H3. The third-order valence-electron chi connectivity index (χ3n) is 3.21. The lowest BCUT2D eigenvalue weighted by atomic mass is 10.2. The van der Waals surface area contributed by atoms with Crippen molar-refractivity contribution in [3.05, 3.63) is 29.6 Å². The van der Waals surface area contributed by atoms with Crippen molar-refractivity contribution in [2.75, 3.05) is 12.8 Å². The maximum absolute atomic E-state index is 11.1. The molecule has 1 heterocycles. The number of nitrogens with one attached hydrogen (secondary N) is 1. The average Bonchev–Trinajstić information content (AvgIpc) is 2.72. The van der Waals surface area contributed by atoms with E-state index in [2.05, 4.69) is 20.3 Å². The highest BCUT2D eigenvalue weighted by molar-refractivity contribution is 7.88. The monoisotopic (exact) mass is 329 g/mol. The van der Waals surface area contributed by atoms with Gasteiger partial charge in [0.1, 0.15) is 5.82 Å². The molecular weight excluding hydrogens is 310 g/mol. The fourth-order valence-corrected chi connectivity index (χ4v) is 2.97. The average molecular weight is 330 g/mol. The molecule has 7 heteroatoms. The number of hydrogen-bond donors (Lipinski definition) is 1. The van der Waals surface area contributed by atoms with Gasteiger partial charge in [-0.2, -0.15) is 0 Å². The Morgan fingerprint density at radius 2 is 2.14 bits per heavy atom. The second-order valence-electron chi connectivity index (χ2n) is 5.25. The minimum atomic E-state index is -3.14. The first-order chi connectivity index (χ1) is 9.78. The number of aromatic nitrogens is 2. The normalized spacial score (nSPS) is 13.7. The molecule has 1 unspecified atom stereocenters. The second-order valence-corrected chi connectivity index (χ2v) is 7.74. The largest absolute Gasteiger partial charge is 0.327 e. The van der Waals surface area contributed by atoms with Gasteiger partial charge in [-0.25, -0.2) is 18.1 Å². The molecule has 0 bridgehead atoms. The van der Waals surface area contributed by atoms with E-state index < -0.39 is 10.0 Å². The van der Waals surface area contributed by atoms with Crippen molar-refractivity contribution in [1.29, 1.82) is 0 Å². The molecule has 0 saturated carbocycles.